The minimum atomic E-state index is -4.98. The van der Waals surface area contributed by atoms with E-state index in [-0.39, 0.29) is 13.0 Å². The molecule has 6 heteroatoms. The maximum atomic E-state index is 14.4. The largest absolute Gasteiger partial charge is 0.491 e. The van der Waals surface area contributed by atoms with Crippen LogP contribution < -0.4 is 4.74 Å². The number of carbonyl (C=O) groups is 1. The summed E-state index contributed by atoms with van der Waals surface area (Å²) in [5.74, 6) is -1.35. The van der Waals surface area contributed by atoms with Crippen LogP contribution in [0.25, 0.3) is 0 Å². The number of hydrogen-bond donors (Lipinski definition) is 0. The van der Waals surface area contributed by atoms with Gasteiger partial charge in [0.15, 0.2) is 17.3 Å². The SMILES string of the molecule is CCOc1ccc(C(=O)CCCc2ccc(C3CCC(C)CC3)cc2)c(C(F)(F)F)c1F. The second-order valence-corrected chi connectivity index (χ2v) is 8.71. The van der Waals surface area contributed by atoms with E-state index < -0.39 is 34.7 Å². The molecule has 0 radical (unpaired) electrons. The molecule has 0 saturated heterocycles. The molecule has 0 atom stereocenters. The van der Waals surface area contributed by atoms with Crippen LogP contribution in [-0.4, -0.2) is 12.4 Å². The van der Waals surface area contributed by atoms with E-state index in [1.807, 2.05) is 12.1 Å². The number of rotatable bonds is 8. The first-order valence-electron chi connectivity index (χ1n) is 11.3. The van der Waals surface area contributed by atoms with E-state index in [2.05, 4.69) is 19.1 Å². The molecule has 1 aliphatic rings. The Morgan fingerprint density at radius 1 is 1.03 bits per heavy atom. The van der Waals surface area contributed by atoms with E-state index in [0.717, 1.165) is 23.6 Å². The lowest BCUT2D eigenvalue weighted by atomic mass is 9.79. The average molecular weight is 451 g/mol. The lowest BCUT2D eigenvalue weighted by Gasteiger charge is -2.26. The quantitative estimate of drug-likeness (QED) is 0.304. The lowest BCUT2D eigenvalue weighted by Crippen LogP contribution is -2.17. The second kappa shape index (κ2) is 10.5. The number of halogens is 4. The molecule has 1 saturated carbocycles. The van der Waals surface area contributed by atoms with Gasteiger partial charge in [-0.1, -0.05) is 44.0 Å². The van der Waals surface area contributed by atoms with Crippen molar-refractivity contribution in [2.24, 2.45) is 5.92 Å². The summed E-state index contributed by atoms with van der Waals surface area (Å²) in [6.45, 7) is 3.87. The van der Waals surface area contributed by atoms with Gasteiger partial charge in [-0.05, 0) is 67.7 Å². The molecule has 1 fully saturated rings. The molecule has 174 valence electrons. The smallest absolute Gasteiger partial charge is 0.420 e. The molecule has 0 amide bonds. The maximum absolute atomic E-state index is 14.4. The second-order valence-electron chi connectivity index (χ2n) is 8.71. The van der Waals surface area contributed by atoms with Gasteiger partial charge in [-0.15, -0.1) is 0 Å². The summed E-state index contributed by atoms with van der Waals surface area (Å²) < 4.78 is 59.6. The van der Waals surface area contributed by atoms with Crippen molar-refractivity contribution in [3.8, 4) is 5.75 Å². The Bertz CT molecular complexity index is 911. The van der Waals surface area contributed by atoms with Gasteiger partial charge in [0.25, 0.3) is 0 Å². The van der Waals surface area contributed by atoms with Crippen molar-refractivity contribution in [2.45, 2.75) is 70.9 Å². The van der Waals surface area contributed by atoms with Gasteiger partial charge in [0.05, 0.1) is 6.61 Å². The normalized spacial score (nSPS) is 19.1. The van der Waals surface area contributed by atoms with Crippen molar-refractivity contribution >= 4 is 5.78 Å². The highest BCUT2D eigenvalue weighted by molar-refractivity contribution is 5.98. The first-order valence-corrected chi connectivity index (χ1v) is 11.3. The van der Waals surface area contributed by atoms with Crippen LogP contribution in [0.4, 0.5) is 17.6 Å². The molecule has 0 spiro atoms. The zero-order chi connectivity index (χ0) is 23.3. The van der Waals surface area contributed by atoms with E-state index in [0.29, 0.717) is 18.8 Å². The van der Waals surface area contributed by atoms with Crippen LogP contribution >= 0.6 is 0 Å². The molecular weight excluding hydrogens is 420 g/mol. The van der Waals surface area contributed by atoms with Crippen LogP contribution in [0, 0.1) is 11.7 Å². The van der Waals surface area contributed by atoms with Gasteiger partial charge in [-0.2, -0.15) is 13.2 Å². The molecule has 0 aliphatic heterocycles. The third-order valence-corrected chi connectivity index (χ3v) is 6.33. The summed E-state index contributed by atoms with van der Waals surface area (Å²) in [4.78, 5) is 12.5. The summed E-state index contributed by atoms with van der Waals surface area (Å²) in [5, 5.41) is 0. The van der Waals surface area contributed by atoms with Crippen molar-refractivity contribution in [1.29, 1.82) is 0 Å². The maximum Gasteiger partial charge on any atom is 0.420 e. The van der Waals surface area contributed by atoms with E-state index in [1.54, 1.807) is 6.92 Å². The van der Waals surface area contributed by atoms with Crippen molar-refractivity contribution in [3.63, 3.8) is 0 Å². The van der Waals surface area contributed by atoms with Crippen LogP contribution in [-0.2, 0) is 12.6 Å². The number of carbonyl (C=O) groups excluding carboxylic acids is 1. The summed E-state index contributed by atoms with van der Waals surface area (Å²) in [5.41, 5.74) is 0.191. The zero-order valence-electron chi connectivity index (χ0n) is 18.6. The number of benzene rings is 2. The molecule has 2 aromatic rings. The molecule has 1 aliphatic carbocycles. The third kappa shape index (κ3) is 5.90. The van der Waals surface area contributed by atoms with Crippen molar-refractivity contribution in [3.05, 3.63) is 64.5 Å². The van der Waals surface area contributed by atoms with Crippen LogP contribution in [0.1, 0.15) is 85.3 Å². The zero-order valence-corrected chi connectivity index (χ0v) is 18.6. The highest BCUT2D eigenvalue weighted by Gasteiger charge is 2.40. The fourth-order valence-corrected chi connectivity index (χ4v) is 4.47. The molecule has 3 rings (SSSR count). The van der Waals surface area contributed by atoms with Gasteiger partial charge in [0.2, 0.25) is 0 Å². The predicted molar refractivity (Wildman–Crippen MR) is 117 cm³/mol. The molecule has 0 heterocycles. The fourth-order valence-electron chi connectivity index (χ4n) is 4.47. The van der Waals surface area contributed by atoms with Crippen LogP contribution in [0.15, 0.2) is 36.4 Å². The Kier molecular flexibility index (Phi) is 7.96. The first-order chi connectivity index (χ1) is 15.2. The summed E-state index contributed by atoms with van der Waals surface area (Å²) in [7, 11) is 0. The summed E-state index contributed by atoms with van der Waals surface area (Å²) in [6.07, 6.45) is 0.819. The average Bonchev–Trinajstić information content (AvgIpc) is 2.75. The number of aryl methyl sites for hydroxylation is 1. The Balaban J connectivity index is 1.62. The Morgan fingerprint density at radius 2 is 1.69 bits per heavy atom. The highest BCUT2D eigenvalue weighted by atomic mass is 19.4. The number of ether oxygens (including phenoxy) is 1. The van der Waals surface area contributed by atoms with Gasteiger partial charge >= 0.3 is 6.18 Å². The van der Waals surface area contributed by atoms with Crippen LogP contribution in [0.5, 0.6) is 5.75 Å². The molecular formula is C26H30F4O2. The monoisotopic (exact) mass is 450 g/mol. The van der Waals surface area contributed by atoms with Gasteiger partial charge in [0.1, 0.15) is 5.56 Å². The van der Waals surface area contributed by atoms with Crippen LogP contribution in [0.2, 0.25) is 0 Å². The van der Waals surface area contributed by atoms with Gasteiger partial charge in [-0.3, -0.25) is 4.79 Å². The molecule has 32 heavy (non-hydrogen) atoms. The Morgan fingerprint density at radius 3 is 2.28 bits per heavy atom. The fraction of sp³-hybridized carbons (Fsp3) is 0.500. The first kappa shape index (κ1) is 24.3. The minimum absolute atomic E-state index is 0.0279. The van der Waals surface area contributed by atoms with E-state index in [9.17, 15) is 22.4 Å². The highest BCUT2D eigenvalue weighted by Crippen LogP contribution is 2.38. The van der Waals surface area contributed by atoms with Gasteiger partial charge in [0, 0.05) is 12.0 Å². The summed E-state index contributed by atoms with van der Waals surface area (Å²) >= 11 is 0. The van der Waals surface area contributed by atoms with Crippen molar-refractivity contribution in [2.75, 3.05) is 6.61 Å². The number of ketones is 1. The van der Waals surface area contributed by atoms with Gasteiger partial charge < -0.3 is 4.74 Å². The standard InChI is InChI=1S/C26H30F4O2/c1-3-32-23-16-15-21(24(25(23)27)26(28,29)30)22(31)6-4-5-18-9-13-20(14-10-18)19-11-7-17(2)8-12-19/h9-10,13-17,19H,3-8,11-12H2,1-2H3. The molecule has 2 nitrogen and oxygen atoms in total. The minimum Gasteiger partial charge on any atom is -0.491 e. The Hall–Kier alpha value is -2.37. The predicted octanol–water partition coefficient (Wildman–Crippen LogP) is 7.74. The van der Waals surface area contributed by atoms with Crippen molar-refractivity contribution in [1.82, 2.24) is 0 Å². The van der Waals surface area contributed by atoms with E-state index in [1.165, 1.54) is 31.2 Å². The molecule has 0 unspecified atom stereocenters. The van der Waals surface area contributed by atoms with Crippen molar-refractivity contribution < 1.29 is 27.1 Å². The third-order valence-electron chi connectivity index (χ3n) is 6.33. The van der Waals surface area contributed by atoms with E-state index in [4.69, 9.17) is 4.74 Å². The number of alkyl halides is 3. The molecule has 0 bridgehead atoms. The summed E-state index contributed by atoms with van der Waals surface area (Å²) in [6, 6.07) is 10.4. The number of Topliss-reactive ketones (excluding diaryl/α,β-unsaturated/α-hetero) is 1. The lowest BCUT2D eigenvalue weighted by molar-refractivity contribution is -0.140. The topological polar surface area (TPSA) is 26.3 Å². The molecule has 0 N–H and O–H groups in total. The Labute approximate surface area is 187 Å². The molecule has 0 aromatic heterocycles. The van der Waals surface area contributed by atoms with E-state index >= 15 is 0 Å². The number of hydrogen-bond acceptors (Lipinski definition) is 2. The molecule has 2 aromatic carbocycles. The van der Waals surface area contributed by atoms with Crippen LogP contribution in [0.3, 0.4) is 0 Å². The van der Waals surface area contributed by atoms with Gasteiger partial charge in [-0.25, -0.2) is 4.39 Å².